The summed E-state index contributed by atoms with van der Waals surface area (Å²) in [5, 5.41) is 18.4. The van der Waals surface area contributed by atoms with Crippen molar-refractivity contribution in [3.05, 3.63) is 12.2 Å². The summed E-state index contributed by atoms with van der Waals surface area (Å²) in [4.78, 5) is 15.2. The van der Waals surface area contributed by atoms with Crippen LogP contribution in [0.15, 0.2) is 6.33 Å². The summed E-state index contributed by atoms with van der Waals surface area (Å²) in [7, 11) is 0. The summed E-state index contributed by atoms with van der Waals surface area (Å²) in [6.07, 6.45) is 2.56. The van der Waals surface area contributed by atoms with E-state index in [-0.39, 0.29) is 24.2 Å². The highest BCUT2D eigenvalue weighted by molar-refractivity contribution is 5.90. The predicted molar refractivity (Wildman–Crippen MR) is 58.8 cm³/mol. The maximum atomic E-state index is 11.5. The molecule has 1 unspecified atom stereocenters. The van der Waals surface area contributed by atoms with Crippen LogP contribution in [-0.4, -0.2) is 38.8 Å². The second-order valence-corrected chi connectivity index (χ2v) is 3.69. The molecule has 1 rings (SSSR count). The van der Waals surface area contributed by atoms with Gasteiger partial charge in [0.25, 0.3) is 5.91 Å². The van der Waals surface area contributed by atoms with Crippen molar-refractivity contribution in [2.45, 2.75) is 32.8 Å². The number of amides is 1. The molecule has 6 heteroatoms. The van der Waals surface area contributed by atoms with Crippen LogP contribution in [0.5, 0.6) is 0 Å². The fraction of sp³-hybridized carbons (Fsp3) is 0.700. The number of hydrogen-bond donors (Lipinski definition) is 3. The number of hydrogen-bond acceptors (Lipinski definition) is 4. The van der Waals surface area contributed by atoms with Gasteiger partial charge in [0, 0.05) is 6.54 Å². The molecule has 1 heterocycles. The van der Waals surface area contributed by atoms with Crippen molar-refractivity contribution in [1.82, 2.24) is 20.5 Å². The molecule has 6 nitrogen and oxygen atoms in total. The Morgan fingerprint density at radius 1 is 1.56 bits per heavy atom. The van der Waals surface area contributed by atoms with Crippen LogP contribution in [0.1, 0.15) is 37.3 Å². The van der Waals surface area contributed by atoms with E-state index >= 15 is 0 Å². The minimum absolute atomic E-state index is 0.164. The van der Waals surface area contributed by atoms with Gasteiger partial charge in [-0.05, 0) is 5.92 Å². The van der Waals surface area contributed by atoms with Gasteiger partial charge in [0.15, 0.2) is 0 Å². The van der Waals surface area contributed by atoms with Gasteiger partial charge in [-0.25, -0.2) is 4.98 Å². The lowest BCUT2D eigenvalue weighted by molar-refractivity contribution is 0.0809. The molecule has 0 fully saturated rings. The molecule has 0 bridgehead atoms. The number of rotatable bonds is 6. The third kappa shape index (κ3) is 3.30. The van der Waals surface area contributed by atoms with Crippen molar-refractivity contribution >= 4 is 5.91 Å². The van der Waals surface area contributed by atoms with Gasteiger partial charge in [-0.3, -0.25) is 9.89 Å². The van der Waals surface area contributed by atoms with Crippen LogP contribution in [0.3, 0.4) is 0 Å². The molecular weight excluding hydrogens is 208 g/mol. The Morgan fingerprint density at radius 2 is 2.25 bits per heavy atom. The van der Waals surface area contributed by atoms with Crippen molar-refractivity contribution in [1.29, 1.82) is 0 Å². The second kappa shape index (κ2) is 6.22. The summed E-state index contributed by atoms with van der Waals surface area (Å²) in [6, 6.07) is 0. The third-order valence-corrected chi connectivity index (χ3v) is 2.69. The maximum Gasteiger partial charge on any atom is 0.288 e. The topological polar surface area (TPSA) is 90.9 Å². The van der Waals surface area contributed by atoms with Gasteiger partial charge in [0.2, 0.25) is 5.82 Å². The normalized spacial score (nSPS) is 12.8. The van der Waals surface area contributed by atoms with Crippen LogP contribution in [0, 0.1) is 5.92 Å². The Hall–Kier alpha value is -1.43. The Balaban J connectivity index is 2.37. The first-order chi connectivity index (χ1) is 7.69. The molecule has 3 N–H and O–H groups in total. The number of carbonyl (C=O) groups is 1. The average Bonchev–Trinajstić information content (AvgIpc) is 2.81. The van der Waals surface area contributed by atoms with E-state index in [0.29, 0.717) is 0 Å². The van der Waals surface area contributed by atoms with E-state index in [4.69, 9.17) is 0 Å². The van der Waals surface area contributed by atoms with Crippen molar-refractivity contribution < 1.29 is 9.90 Å². The molecule has 1 aromatic rings. The number of aromatic amines is 1. The third-order valence-electron chi connectivity index (χ3n) is 2.69. The van der Waals surface area contributed by atoms with Crippen LogP contribution in [0.4, 0.5) is 0 Å². The lowest BCUT2D eigenvalue weighted by Gasteiger charge is -2.19. The summed E-state index contributed by atoms with van der Waals surface area (Å²) >= 11 is 0. The lowest BCUT2D eigenvalue weighted by Crippen LogP contribution is -2.36. The zero-order valence-electron chi connectivity index (χ0n) is 9.60. The van der Waals surface area contributed by atoms with Crippen molar-refractivity contribution in [2.75, 3.05) is 6.54 Å². The van der Waals surface area contributed by atoms with Gasteiger partial charge >= 0.3 is 0 Å². The molecule has 1 atom stereocenters. The number of nitrogens with zero attached hydrogens (tertiary/aromatic N) is 2. The molecule has 0 spiro atoms. The standard InChI is InChI=1S/C10H18N4O2/c1-3-7(4-2)8(15)5-11-10(16)9-12-6-13-14-9/h6-8,15H,3-5H2,1-2H3,(H,11,16)(H,12,13,14). The molecule has 16 heavy (non-hydrogen) atoms. The summed E-state index contributed by atoms with van der Waals surface area (Å²) in [6.45, 7) is 4.29. The molecule has 0 aromatic carbocycles. The highest BCUT2D eigenvalue weighted by Gasteiger charge is 2.17. The SMILES string of the molecule is CCC(CC)C(O)CNC(=O)c1ncn[nH]1. The van der Waals surface area contributed by atoms with Crippen LogP contribution in [-0.2, 0) is 0 Å². The minimum atomic E-state index is -0.512. The molecule has 0 aliphatic heterocycles. The van der Waals surface area contributed by atoms with E-state index in [1.165, 1.54) is 6.33 Å². The Kier molecular flexibility index (Phi) is 4.91. The fourth-order valence-electron chi connectivity index (χ4n) is 1.60. The van der Waals surface area contributed by atoms with Gasteiger partial charge < -0.3 is 10.4 Å². The molecule has 0 saturated carbocycles. The van der Waals surface area contributed by atoms with Crippen molar-refractivity contribution in [3.63, 3.8) is 0 Å². The molecule has 90 valence electrons. The van der Waals surface area contributed by atoms with Crippen LogP contribution in [0.2, 0.25) is 0 Å². The van der Waals surface area contributed by atoms with Gasteiger partial charge in [-0.2, -0.15) is 5.10 Å². The zero-order chi connectivity index (χ0) is 12.0. The first-order valence-electron chi connectivity index (χ1n) is 5.50. The van der Waals surface area contributed by atoms with E-state index in [0.717, 1.165) is 12.8 Å². The van der Waals surface area contributed by atoms with E-state index in [1.807, 2.05) is 13.8 Å². The van der Waals surface area contributed by atoms with Crippen LogP contribution < -0.4 is 5.32 Å². The number of aliphatic hydroxyl groups is 1. The van der Waals surface area contributed by atoms with E-state index in [2.05, 4.69) is 20.5 Å². The fourth-order valence-corrected chi connectivity index (χ4v) is 1.60. The number of aliphatic hydroxyl groups excluding tert-OH is 1. The molecular formula is C10H18N4O2. The van der Waals surface area contributed by atoms with Gasteiger partial charge in [-0.1, -0.05) is 26.7 Å². The molecule has 0 saturated heterocycles. The summed E-state index contributed by atoms with van der Waals surface area (Å²) < 4.78 is 0. The average molecular weight is 226 g/mol. The number of H-pyrrole nitrogens is 1. The number of carbonyl (C=O) groups excluding carboxylic acids is 1. The zero-order valence-corrected chi connectivity index (χ0v) is 9.60. The first-order valence-corrected chi connectivity index (χ1v) is 5.50. The smallest absolute Gasteiger partial charge is 0.288 e. The second-order valence-electron chi connectivity index (χ2n) is 3.69. The van der Waals surface area contributed by atoms with Crippen LogP contribution >= 0.6 is 0 Å². The summed E-state index contributed by atoms with van der Waals surface area (Å²) in [5.41, 5.74) is 0. The quantitative estimate of drug-likeness (QED) is 0.652. The Bertz CT molecular complexity index is 309. The molecule has 0 aliphatic carbocycles. The van der Waals surface area contributed by atoms with Gasteiger partial charge in [-0.15, -0.1) is 0 Å². The summed E-state index contributed by atoms with van der Waals surface area (Å²) in [5.74, 6) is 0.0364. The monoisotopic (exact) mass is 226 g/mol. The largest absolute Gasteiger partial charge is 0.391 e. The van der Waals surface area contributed by atoms with E-state index in [1.54, 1.807) is 0 Å². The van der Waals surface area contributed by atoms with Crippen molar-refractivity contribution in [2.24, 2.45) is 5.92 Å². The maximum absolute atomic E-state index is 11.5. The number of aromatic nitrogens is 3. The lowest BCUT2D eigenvalue weighted by atomic mass is 9.96. The predicted octanol–water partition coefficient (Wildman–Crippen LogP) is 0.332. The van der Waals surface area contributed by atoms with Crippen LogP contribution in [0.25, 0.3) is 0 Å². The van der Waals surface area contributed by atoms with Gasteiger partial charge in [0.05, 0.1) is 6.10 Å². The molecule has 1 aromatic heterocycles. The molecule has 1 amide bonds. The minimum Gasteiger partial charge on any atom is -0.391 e. The van der Waals surface area contributed by atoms with Crippen molar-refractivity contribution in [3.8, 4) is 0 Å². The van der Waals surface area contributed by atoms with E-state index < -0.39 is 6.10 Å². The highest BCUT2D eigenvalue weighted by Crippen LogP contribution is 2.12. The van der Waals surface area contributed by atoms with Gasteiger partial charge in [0.1, 0.15) is 6.33 Å². The van der Waals surface area contributed by atoms with E-state index in [9.17, 15) is 9.90 Å². The Morgan fingerprint density at radius 3 is 2.75 bits per heavy atom. The number of nitrogens with one attached hydrogen (secondary N) is 2. The Labute approximate surface area is 94.5 Å². The molecule has 0 aliphatic rings. The molecule has 0 radical (unpaired) electrons. The first kappa shape index (κ1) is 12.6. The highest BCUT2D eigenvalue weighted by atomic mass is 16.3.